The van der Waals surface area contributed by atoms with E-state index >= 15 is 0 Å². The van der Waals surface area contributed by atoms with Crippen LogP contribution in [0.15, 0.2) is 60.7 Å². The number of carbonyl (C=O) groups is 1. The average Bonchev–Trinajstić information content (AvgIpc) is 3.45. The third-order valence-electron chi connectivity index (χ3n) is 4.81. The van der Waals surface area contributed by atoms with Crippen LogP contribution in [0.5, 0.6) is 0 Å². The van der Waals surface area contributed by atoms with Gasteiger partial charge >= 0.3 is 0 Å². The molecule has 1 aliphatic carbocycles. The Morgan fingerprint density at radius 1 is 1.15 bits per heavy atom. The second-order valence-corrected chi connectivity index (χ2v) is 6.69. The number of anilines is 1. The quantitative estimate of drug-likeness (QED) is 0.696. The van der Waals surface area contributed by atoms with Crippen molar-refractivity contribution in [2.75, 3.05) is 19.3 Å². The Morgan fingerprint density at radius 3 is 2.65 bits per heavy atom. The Kier molecular flexibility index (Phi) is 4.21. The van der Waals surface area contributed by atoms with Crippen LogP contribution in [0.25, 0.3) is 11.0 Å². The van der Waals surface area contributed by atoms with Crippen LogP contribution >= 0.6 is 0 Å². The molecule has 26 heavy (non-hydrogen) atoms. The van der Waals surface area contributed by atoms with E-state index in [9.17, 15) is 4.79 Å². The van der Waals surface area contributed by atoms with Crippen molar-refractivity contribution >= 4 is 22.9 Å². The van der Waals surface area contributed by atoms with Gasteiger partial charge in [0.1, 0.15) is 0 Å². The zero-order valence-electron chi connectivity index (χ0n) is 14.8. The van der Waals surface area contributed by atoms with Crippen molar-refractivity contribution in [3.63, 3.8) is 0 Å². The average molecular weight is 346 g/mol. The molecule has 5 nitrogen and oxygen atoms in total. The number of para-hydroxylation sites is 1. The van der Waals surface area contributed by atoms with Gasteiger partial charge in [-0.3, -0.25) is 4.79 Å². The highest BCUT2D eigenvalue weighted by atomic mass is 16.2. The number of nitrogens with zero attached hydrogens (tertiary/aromatic N) is 3. The van der Waals surface area contributed by atoms with Gasteiger partial charge in [-0.15, -0.1) is 0 Å². The summed E-state index contributed by atoms with van der Waals surface area (Å²) < 4.78 is 2.07. The van der Waals surface area contributed by atoms with Gasteiger partial charge in [-0.25, -0.2) is 4.98 Å². The summed E-state index contributed by atoms with van der Waals surface area (Å²) in [5, 5.41) is 0. The zero-order valence-corrected chi connectivity index (χ0v) is 14.8. The molecule has 0 saturated carbocycles. The van der Waals surface area contributed by atoms with Gasteiger partial charge < -0.3 is 15.2 Å². The molecular formula is C21H22N4O. The number of hydrogen-bond donors (Lipinski definition) is 1. The Hall–Kier alpha value is -3.08. The molecule has 0 radical (unpaired) electrons. The van der Waals surface area contributed by atoms with Gasteiger partial charge in [0, 0.05) is 31.6 Å². The number of hydrogen-bond acceptors (Lipinski definition) is 3. The Morgan fingerprint density at radius 2 is 1.92 bits per heavy atom. The fraction of sp³-hybridized carbons (Fsp3) is 0.238. The molecule has 0 bridgehead atoms. The first kappa shape index (κ1) is 16.4. The topological polar surface area (TPSA) is 64.2 Å². The number of allylic oxidation sites excluding steroid dienone is 2. The molecule has 0 saturated heterocycles. The predicted molar refractivity (Wildman–Crippen MR) is 104 cm³/mol. The van der Waals surface area contributed by atoms with Crippen molar-refractivity contribution < 1.29 is 4.79 Å². The van der Waals surface area contributed by atoms with E-state index < -0.39 is 0 Å². The lowest BCUT2D eigenvalue weighted by Gasteiger charge is -2.18. The number of aromatic nitrogens is 2. The van der Waals surface area contributed by atoms with Gasteiger partial charge in [0.05, 0.1) is 11.0 Å². The van der Waals surface area contributed by atoms with E-state index in [1.54, 1.807) is 4.90 Å². The van der Waals surface area contributed by atoms with Gasteiger partial charge in [0.25, 0.3) is 5.91 Å². The fourth-order valence-corrected chi connectivity index (χ4v) is 3.36. The molecule has 0 aliphatic heterocycles. The highest BCUT2D eigenvalue weighted by Gasteiger charge is 2.20. The lowest BCUT2D eigenvalue weighted by atomic mass is 10.1. The molecule has 1 heterocycles. The summed E-state index contributed by atoms with van der Waals surface area (Å²) in [5.41, 5.74) is 10.2. The third kappa shape index (κ3) is 3.08. The molecule has 2 N–H and O–H groups in total. The first-order chi connectivity index (χ1) is 12.6. The first-order valence-electron chi connectivity index (χ1n) is 8.88. The van der Waals surface area contributed by atoms with Gasteiger partial charge in [0.15, 0.2) is 0 Å². The first-order valence-corrected chi connectivity index (χ1v) is 8.88. The van der Waals surface area contributed by atoms with Crippen molar-refractivity contribution in [1.29, 1.82) is 0 Å². The number of benzene rings is 2. The minimum Gasteiger partial charge on any atom is -0.369 e. The summed E-state index contributed by atoms with van der Waals surface area (Å²) in [4.78, 5) is 18.7. The molecule has 5 heteroatoms. The molecule has 1 aliphatic rings. The maximum absolute atomic E-state index is 12.4. The predicted octanol–water partition coefficient (Wildman–Crippen LogP) is 3.43. The summed E-state index contributed by atoms with van der Waals surface area (Å²) in [5.74, 6) is 0.970. The van der Waals surface area contributed by atoms with Gasteiger partial charge in [-0.1, -0.05) is 42.5 Å². The highest BCUT2D eigenvalue weighted by Crippen LogP contribution is 2.35. The Bertz CT molecular complexity index is 968. The number of carbonyl (C=O) groups excluding carboxylic acids is 1. The van der Waals surface area contributed by atoms with Crippen LogP contribution in [0.4, 0.5) is 5.95 Å². The van der Waals surface area contributed by atoms with Crippen LogP contribution in [0.1, 0.15) is 28.3 Å². The second kappa shape index (κ2) is 6.67. The van der Waals surface area contributed by atoms with Crippen LogP contribution in [0.2, 0.25) is 0 Å². The smallest absolute Gasteiger partial charge is 0.253 e. The number of fused-ring (bicyclic) bond motifs is 1. The summed E-state index contributed by atoms with van der Waals surface area (Å²) in [7, 11) is 1.84. The zero-order chi connectivity index (χ0) is 18.1. The van der Waals surface area contributed by atoms with Crippen molar-refractivity contribution in [3.05, 3.63) is 71.8 Å². The van der Waals surface area contributed by atoms with Gasteiger partial charge in [0.2, 0.25) is 5.95 Å². The maximum atomic E-state index is 12.4. The number of nitrogens with two attached hydrogens (primary N) is 1. The van der Waals surface area contributed by atoms with Crippen LogP contribution in [-0.4, -0.2) is 34.0 Å². The molecular weight excluding hydrogens is 324 g/mol. The van der Waals surface area contributed by atoms with Crippen LogP contribution in [-0.2, 0) is 6.54 Å². The molecule has 1 aromatic heterocycles. The molecule has 0 unspecified atom stereocenters. The minimum atomic E-state index is 0.0388. The summed E-state index contributed by atoms with van der Waals surface area (Å²) >= 11 is 0. The number of imidazole rings is 1. The molecule has 132 valence electrons. The Balaban J connectivity index is 1.47. The van der Waals surface area contributed by atoms with Crippen LogP contribution < -0.4 is 5.73 Å². The van der Waals surface area contributed by atoms with E-state index in [0.29, 0.717) is 24.0 Å². The normalized spacial score (nSPS) is 13.3. The van der Waals surface area contributed by atoms with E-state index in [4.69, 9.17) is 5.73 Å². The number of rotatable bonds is 6. The second-order valence-electron chi connectivity index (χ2n) is 6.69. The largest absolute Gasteiger partial charge is 0.369 e. The fourth-order valence-electron chi connectivity index (χ4n) is 3.36. The molecule has 0 fully saturated rings. The summed E-state index contributed by atoms with van der Waals surface area (Å²) in [6.45, 7) is 1.40. The lowest BCUT2D eigenvalue weighted by Crippen LogP contribution is -2.28. The van der Waals surface area contributed by atoms with E-state index in [1.165, 1.54) is 5.56 Å². The van der Waals surface area contributed by atoms with E-state index in [2.05, 4.69) is 27.8 Å². The van der Waals surface area contributed by atoms with E-state index in [0.717, 1.165) is 24.0 Å². The summed E-state index contributed by atoms with van der Waals surface area (Å²) in [6, 6.07) is 15.5. The number of aryl methyl sites for hydroxylation is 1. The van der Waals surface area contributed by atoms with E-state index in [1.807, 2.05) is 49.5 Å². The van der Waals surface area contributed by atoms with Crippen LogP contribution in [0, 0.1) is 0 Å². The summed E-state index contributed by atoms with van der Waals surface area (Å²) in [6.07, 6.45) is 5.17. The molecule has 0 atom stereocenters. The third-order valence-corrected chi connectivity index (χ3v) is 4.81. The molecule has 0 spiro atoms. The molecule has 2 aromatic carbocycles. The van der Waals surface area contributed by atoms with Crippen LogP contribution in [0.3, 0.4) is 0 Å². The lowest BCUT2D eigenvalue weighted by molar-refractivity contribution is 0.0792. The number of amides is 1. The van der Waals surface area contributed by atoms with Crippen molar-refractivity contribution in [2.45, 2.75) is 18.9 Å². The molecule has 1 amide bonds. The van der Waals surface area contributed by atoms with Gasteiger partial charge in [-0.2, -0.15) is 0 Å². The molecule has 3 aromatic rings. The minimum absolute atomic E-state index is 0.0388. The van der Waals surface area contributed by atoms with Crippen molar-refractivity contribution in [1.82, 2.24) is 14.5 Å². The SMILES string of the molecule is CN(CCCn1c(N)nc2cccc(C3C=C3)c21)C(=O)c1ccccc1. The standard InChI is InChI=1S/C21H22N4O/c1-24(20(26)16-7-3-2-4-8-16)13-6-14-25-19-17(15-11-12-15)9-5-10-18(19)23-21(25)22/h2-5,7-12,15H,6,13-14H2,1H3,(H2,22,23). The maximum Gasteiger partial charge on any atom is 0.253 e. The van der Waals surface area contributed by atoms with E-state index in [-0.39, 0.29) is 5.91 Å². The van der Waals surface area contributed by atoms with Gasteiger partial charge in [-0.05, 0) is 30.2 Å². The van der Waals surface area contributed by atoms with Crippen molar-refractivity contribution in [2.24, 2.45) is 0 Å². The van der Waals surface area contributed by atoms with Crippen molar-refractivity contribution in [3.8, 4) is 0 Å². The molecule has 4 rings (SSSR count). The highest BCUT2D eigenvalue weighted by molar-refractivity contribution is 5.94. The number of nitrogen functional groups attached to an aromatic ring is 1. The monoisotopic (exact) mass is 346 g/mol. The Labute approximate surface area is 152 Å².